The minimum atomic E-state index is -0.527. The molecule has 1 atom stereocenters. The lowest BCUT2D eigenvalue weighted by atomic mass is 10.2. The molecule has 1 aromatic carbocycles. The number of β-amino-alcohol motifs (C(OH)–C–C–N with tert-alkyl or cyclic N) is 1. The van der Waals surface area contributed by atoms with Gasteiger partial charge in [0.25, 0.3) is 0 Å². The molecule has 0 spiro atoms. The second-order valence-corrected chi connectivity index (χ2v) is 5.29. The van der Waals surface area contributed by atoms with Crippen molar-refractivity contribution < 1.29 is 9.90 Å². The molecule has 1 aliphatic rings. The quantitative estimate of drug-likeness (QED) is 0.830. The van der Waals surface area contributed by atoms with E-state index in [1.54, 1.807) is 4.90 Å². The zero-order valence-electron chi connectivity index (χ0n) is 10.8. The summed E-state index contributed by atoms with van der Waals surface area (Å²) in [7, 11) is 0. The highest BCUT2D eigenvalue weighted by atomic mass is 35.5. The minimum Gasteiger partial charge on any atom is -0.390 e. The monoisotopic (exact) mass is 282 g/mol. The summed E-state index contributed by atoms with van der Waals surface area (Å²) in [4.78, 5) is 13.2. The van der Waals surface area contributed by atoms with E-state index in [4.69, 9.17) is 11.6 Å². The predicted octanol–water partition coefficient (Wildman–Crippen LogP) is 1.41. The molecule has 2 rings (SSSR count). The summed E-state index contributed by atoms with van der Waals surface area (Å²) in [5.41, 5.74) is 1.08. The Balaban J connectivity index is 1.69. The molecular weight excluding hydrogens is 264 g/mol. The van der Waals surface area contributed by atoms with Crippen LogP contribution >= 0.6 is 11.6 Å². The van der Waals surface area contributed by atoms with E-state index in [1.165, 1.54) is 0 Å². The van der Waals surface area contributed by atoms with Crippen LogP contribution < -0.4 is 5.32 Å². The van der Waals surface area contributed by atoms with Gasteiger partial charge in [0.1, 0.15) is 0 Å². The number of benzene rings is 1. The van der Waals surface area contributed by atoms with Crippen LogP contribution in [0.15, 0.2) is 24.3 Å². The van der Waals surface area contributed by atoms with Gasteiger partial charge >= 0.3 is 0 Å². The Bertz CT molecular complexity index is 439. The third-order valence-corrected chi connectivity index (χ3v) is 3.44. The van der Waals surface area contributed by atoms with Gasteiger partial charge in [0.2, 0.25) is 5.91 Å². The normalized spacial score (nSPS) is 16.9. The lowest BCUT2D eigenvalue weighted by molar-refractivity contribution is -0.128. The molecule has 1 aliphatic heterocycles. The van der Waals surface area contributed by atoms with Gasteiger partial charge in [-0.3, -0.25) is 4.79 Å². The van der Waals surface area contributed by atoms with Crippen molar-refractivity contribution >= 4 is 17.5 Å². The molecule has 2 N–H and O–H groups in total. The van der Waals surface area contributed by atoms with Gasteiger partial charge in [-0.1, -0.05) is 23.7 Å². The van der Waals surface area contributed by atoms with E-state index in [2.05, 4.69) is 5.32 Å². The third-order valence-electron chi connectivity index (χ3n) is 3.20. The van der Waals surface area contributed by atoms with E-state index in [-0.39, 0.29) is 5.91 Å². The molecule has 0 unspecified atom stereocenters. The van der Waals surface area contributed by atoms with Crippen LogP contribution in [0.5, 0.6) is 0 Å². The van der Waals surface area contributed by atoms with Crippen molar-refractivity contribution in [2.75, 3.05) is 19.6 Å². The van der Waals surface area contributed by atoms with Crippen molar-refractivity contribution in [2.45, 2.75) is 25.5 Å². The maximum Gasteiger partial charge on any atom is 0.222 e. The first-order chi connectivity index (χ1) is 9.15. The van der Waals surface area contributed by atoms with Crippen LogP contribution in [0.4, 0.5) is 0 Å². The highest BCUT2D eigenvalue weighted by Gasteiger charge is 2.22. The molecule has 1 fully saturated rings. The van der Waals surface area contributed by atoms with Crippen molar-refractivity contribution in [2.24, 2.45) is 0 Å². The maximum atomic E-state index is 11.4. The van der Waals surface area contributed by atoms with Gasteiger partial charge in [-0.05, 0) is 24.1 Å². The van der Waals surface area contributed by atoms with Crippen LogP contribution in [0.25, 0.3) is 0 Å². The molecule has 1 aromatic rings. The Labute approximate surface area is 118 Å². The molecule has 0 radical (unpaired) electrons. The first kappa shape index (κ1) is 14.3. The number of aliphatic hydroxyl groups is 1. The average Bonchev–Trinajstić information content (AvgIpc) is 2.75. The van der Waals surface area contributed by atoms with E-state index >= 15 is 0 Å². The second-order valence-electron chi connectivity index (χ2n) is 4.86. The topological polar surface area (TPSA) is 52.6 Å². The summed E-state index contributed by atoms with van der Waals surface area (Å²) in [6.07, 6.45) is 0.991. The number of halogens is 1. The number of likely N-dealkylation sites (tertiary alicyclic amines) is 1. The summed E-state index contributed by atoms with van der Waals surface area (Å²) in [5, 5.41) is 13.8. The number of nitrogens with one attached hydrogen (secondary N) is 1. The Hall–Kier alpha value is -1.10. The van der Waals surface area contributed by atoms with Gasteiger partial charge in [0.15, 0.2) is 0 Å². The predicted molar refractivity (Wildman–Crippen MR) is 75.0 cm³/mol. The van der Waals surface area contributed by atoms with E-state index in [1.807, 2.05) is 24.3 Å². The highest BCUT2D eigenvalue weighted by molar-refractivity contribution is 6.30. The molecule has 1 heterocycles. The Morgan fingerprint density at radius 2 is 2.32 bits per heavy atom. The lowest BCUT2D eigenvalue weighted by Crippen LogP contribution is -2.38. The zero-order chi connectivity index (χ0) is 13.7. The van der Waals surface area contributed by atoms with Crippen molar-refractivity contribution in [3.05, 3.63) is 34.9 Å². The van der Waals surface area contributed by atoms with E-state index in [9.17, 15) is 9.90 Å². The summed E-state index contributed by atoms with van der Waals surface area (Å²) in [6, 6.07) is 7.61. The summed E-state index contributed by atoms with van der Waals surface area (Å²) in [6.45, 7) is 2.31. The number of hydrogen-bond donors (Lipinski definition) is 2. The minimum absolute atomic E-state index is 0.147. The van der Waals surface area contributed by atoms with Gasteiger partial charge in [0, 0.05) is 37.6 Å². The van der Waals surface area contributed by atoms with Crippen molar-refractivity contribution in [3.8, 4) is 0 Å². The number of carbonyl (C=O) groups is 1. The second kappa shape index (κ2) is 6.89. The van der Waals surface area contributed by atoms with Gasteiger partial charge in [0.05, 0.1) is 6.10 Å². The van der Waals surface area contributed by atoms with Crippen molar-refractivity contribution in [1.82, 2.24) is 10.2 Å². The number of amides is 1. The molecule has 19 heavy (non-hydrogen) atoms. The van der Waals surface area contributed by atoms with Gasteiger partial charge < -0.3 is 15.3 Å². The van der Waals surface area contributed by atoms with Crippen LogP contribution in [-0.2, 0) is 11.3 Å². The first-order valence-electron chi connectivity index (χ1n) is 6.56. The van der Waals surface area contributed by atoms with E-state index in [0.717, 1.165) is 18.5 Å². The van der Waals surface area contributed by atoms with Crippen LogP contribution in [0.2, 0.25) is 5.02 Å². The number of aliphatic hydroxyl groups excluding tert-OH is 1. The number of hydrogen-bond acceptors (Lipinski definition) is 3. The summed E-state index contributed by atoms with van der Waals surface area (Å²) in [5.74, 6) is 0.147. The van der Waals surface area contributed by atoms with Crippen LogP contribution in [0, 0.1) is 0 Å². The first-order valence-corrected chi connectivity index (χ1v) is 6.94. The van der Waals surface area contributed by atoms with Crippen LogP contribution in [0.1, 0.15) is 18.4 Å². The molecule has 1 saturated heterocycles. The Morgan fingerprint density at radius 3 is 3.00 bits per heavy atom. The standard InChI is InChI=1S/C14H19ClN2O2/c15-12-4-1-3-11(7-12)8-16-9-13(18)10-17-6-2-5-14(17)19/h1,3-4,7,13,16,18H,2,5-6,8-10H2/t13-/m0/s1. The molecule has 4 nitrogen and oxygen atoms in total. The van der Waals surface area contributed by atoms with Crippen molar-refractivity contribution in [3.63, 3.8) is 0 Å². The fourth-order valence-corrected chi connectivity index (χ4v) is 2.46. The molecule has 0 aliphatic carbocycles. The number of nitrogens with zero attached hydrogens (tertiary/aromatic N) is 1. The van der Waals surface area contributed by atoms with Gasteiger partial charge in [-0.2, -0.15) is 0 Å². The van der Waals surface area contributed by atoms with Crippen LogP contribution in [0.3, 0.4) is 0 Å². The number of carbonyl (C=O) groups excluding carboxylic acids is 1. The molecule has 104 valence electrons. The molecule has 5 heteroatoms. The summed E-state index contributed by atoms with van der Waals surface area (Å²) >= 11 is 5.89. The van der Waals surface area contributed by atoms with Gasteiger partial charge in [-0.15, -0.1) is 0 Å². The fourth-order valence-electron chi connectivity index (χ4n) is 2.25. The summed E-state index contributed by atoms with van der Waals surface area (Å²) < 4.78 is 0. The van der Waals surface area contributed by atoms with Crippen molar-refractivity contribution in [1.29, 1.82) is 0 Å². The lowest BCUT2D eigenvalue weighted by Gasteiger charge is -2.20. The van der Waals surface area contributed by atoms with E-state index in [0.29, 0.717) is 31.1 Å². The number of rotatable bonds is 6. The average molecular weight is 283 g/mol. The molecule has 0 aromatic heterocycles. The molecule has 1 amide bonds. The SMILES string of the molecule is O=C1CCCN1C[C@@H](O)CNCc1cccc(Cl)c1. The smallest absolute Gasteiger partial charge is 0.222 e. The van der Waals surface area contributed by atoms with Gasteiger partial charge in [-0.25, -0.2) is 0 Å². The molecular formula is C14H19ClN2O2. The fraction of sp³-hybridized carbons (Fsp3) is 0.500. The Morgan fingerprint density at radius 1 is 1.47 bits per heavy atom. The van der Waals surface area contributed by atoms with E-state index < -0.39 is 6.10 Å². The third kappa shape index (κ3) is 4.49. The maximum absolute atomic E-state index is 11.4. The van der Waals surface area contributed by atoms with Crippen LogP contribution in [-0.4, -0.2) is 41.7 Å². The highest BCUT2D eigenvalue weighted by Crippen LogP contribution is 2.11. The molecule has 0 bridgehead atoms. The molecule has 0 saturated carbocycles. The zero-order valence-corrected chi connectivity index (χ0v) is 11.6. The Kier molecular flexibility index (Phi) is 5.19. The largest absolute Gasteiger partial charge is 0.390 e.